The zero-order chi connectivity index (χ0) is 21.2. The monoisotopic (exact) mass is 398 g/mol. The maximum Gasteiger partial charge on any atom is 0.144 e. The van der Waals surface area contributed by atoms with Crippen LogP contribution in [0.5, 0.6) is 0 Å². The summed E-state index contributed by atoms with van der Waals surface area (Å²) in [5.74, 6) is -0.285. The van der Waals surface area contributed by atoms with Crippen LogP contribution >= 0.6 is 11.6 Å². The molecule has 0 aromatic heterocycles. The molecule has 0 aliphatic heterocycles. The smallest absolute Gasteiger partial charge is 0.144 e. The summed E-state index contributed by atoms with van der Waals surface area (Å²) in [4.78, 5) is 0. The minimum atomic E-state index is -0.285. The van der Waals surface area contributed by atoms with E-state index >= 15 is 0 Å². The van der Waals surface area contributed by atoms with E-state index in [9.17, 15) is 4.39 Å². The van der Waals surface area contributed by atoms with Gasteiger partial charge in [0.1, 0.15) is 5.82 Å². The fourth-order valence-corrected chi connectivity index (χ4v) is 2.81. The standard InChI is InChI=1S/C16H18.C8H8ClF.C2H6/c1-16(2,3)15-11-7-10-14(12-15)13-8-5-4-6-9-13;1-2-6-4-3-5-7(9)8(6)10;1-2/h4-12H,1-3H3;3-5H,2H2,1H3;1-2H3. The quantitative estimate of drug-likeness (QED) is 0.404. The van der Waals surface area contributed by atoms with Crippen molar-refractivity contribution in [1.29, 1.82) is 0 Å². The topological polar surface area (TPSA) is 0 Å². The maximum atomic E-state index is 12.9. The number of aryl methyl sites for hydroxylation is 1. The van der Waals surface area contributed by atoms with Crippen LogP contribution in [-0.4, -0.2) is 0 Å². The molecular formula is C26H32ClF. The molecule has 150 valence electrons. The van der Waals surface area contributed by atoms with E-state index in [1.165, 1.54) is 16.7 Å². The Kier molecular flexibility index (Phi) is 9.96. The van der Waals surface area contributed by atoms with Crippen LogP contribution in [0, 0.1) is 5.82 Å². The number of hydrogen-bond acceptors (Lipinski definition) is 0. The Morgan fingerprint density at radius 1 is 0.786 bits per heavy atom. The third-order valence-electron chi connectivity index (χ3n) is 4.25. The molecule has 3 rings (SSSR count). The van der Waals surface area contributed by atoms with Gasteiger partial charge in [-0.05, 0) is 40.2 Å². The predicted molar refractivity (Wildman–Crippen MR) is 123 cm³/mol. The first-order valence-electron chi connectivity index (χ1n) is 9.91. The number of benzene rings is 3. The van der Waals surface area contributed by atoms with Crippen LogP contribution in [0.25, 0.3) is 11.1 Å². The predicted octanol–water partition coefficient (Wildman–Crippen LogP) is 8.72. The summed E-state index contributed by atoms with van der Waals surface area (Å²) in [6, 6.07) is 24.4. The van der Waals surface area contributed by atoms with Gasteiger partial charge in [-0.2, -0.15) is 0 Å². The van der Waals surface area contributed by atoms with Crippen LogP contribution in [0.1, 0.15) is 52.7 Å². The summed E-state index contributed by atoms with van der Waals surface area (Å²) in [5.41, 5.74) is 4.85. The Morgan fingerprint density at radius 3 is 1.89 bits per heavy atom. The first-order valence-corrected chi connectivity index (χ1v) is 10.3. The average Bonchev–Trinajstić information content (AvgIpc) is 2.72. The molecule has 0 radical (unpaired) electrons. The molecule has 0 amide bonds. The number of rotatable bonds is 2. The zero-order valence-corrected chi connectivity index (χ0v) is 18.6. The van der Waals surface area contributed by atoms with Gasteiger partial charge in [-0.3, -0.25) is 0 Å². The van der Waals surface area contributed by atoms with Gasteiger partial charge in [-0.25, -0.2) is 4.39 Å². The Labute approximate surface area is 175 Å². The molecule has 0 aliphatic rings. The van der Waals surface area contributed by atoms with Crippen molar-refractivity contribution in [2.45, 2.75) is 53.4 Å². The van der Waals surface area contributed by atoms with E-state index in [1.54, 1.807) is 18.2 Å². The van der Waals surface area contributed by atoms with Crippen LogP contribution in [0.2, 0.25) is 5.02 Å². The lowest BCUT2D eigenvalue weighted by Gasteiger charge is -2.19. The SMILES string of the molecule is CC.CC(C)(C)c1cccc(-c2ccccc2)c1.CCc1cccc(Cl)c1F. The Bertz CT molecular complexity index is 833. The minimum absolute atomic E-state index is 0.208. The van der Waals surface area contributed by atoms with Gasteiger partial charge in [-0.1, -0.05) is 120 Å². The van der Waals surface area contributed by atoms with Gasteiger partial charge >= 0.3 is 0 Å². The Balaban J connectivity index is 0.000000281. The molecule has 0 nitrogen and oxygen atoms in total. The van der Waals surface area contributed by atoms with E-state index in [1.807, 2.05) is 20.8 Å². The molecule has 0 spiro atoms. The molecule has 3 aromatic rings. The molecule has 0 unspecified atom stereocenters. The van der Waals surface area contributed by atoms with E-state index in [4.69, 9.17) is 11.6 Å². The summed E-state index contributed by atoms with van der Waals surface area (Å²) in [5, 5.41) is 0.208. The second-order valence-electron chi connectivity index (χ2n) is 7.26. The number of hydrogen-bond donors (Lipinski definition) is 0. The van der Waals surface area contributed by atoms with Crippen molar-refractivity contribution < 1.29 is 4.39 Å². The largest absolute Gasteiger partial charge is 0.205 e. The van der Waals surface area contributed by atoms with E-state index in [0.717, 1.165) is 0 Å². The van der Waals surface area contributed by atoms with Gasteiger partial charge in [0.05, 0.1) is 5.02 Å². The Morgan fingerprint density at radius 2 is 1.36 bits per heavy atom. The van der Waals surface area contributed by atoms with Gasteiger partial charge in [-0.15, -0.1) is 0 Å². The molecule has 0 bridgehead atoms. The molecule has 3 aromatic carbocycles. The van der Waals surface area contributed by atoms with Crippen molar-refractivity contribution in [3.8, 4) is 11.1 Å². The van der Waals surface area contributed by atoms with Crippen LogP contribution in [0.3, 0.4) is 0 Å². The molecule has 0 heterocycles. The second kappa shape index (κ2) is 11.7. The molecule has 0 N–H and O–H groups in total. The van der Waals surface area contributed by atoms with Gasteiger partial charge < -0.3 is 0 Å². The van der Waals surface area contributed by atoms with Crippen molar-refractivity contribution in [3.63, 3.8) is 0 Å². The molecule has 0 fully saturated rings. The molecule has 2 heteroatoms. The van der Waals surface area contributed by atoms with Crippen molar-refractivity contribution in [3.05, 3.63) is 94.8 Å². The van der Waals surface area contributed by atoms with Gasteiger partial charge in [0.15, 0.2) is 0 Å². The highest BCUT2D eigenvalue weighted by Crippen LogP contribution is 2.27. The summed E-state index contributed by atoms with van der Waals surface area (Å²) < 4.78 is 12.9. The second-order valence-corrected chi connectivity index (χ2v) is 7.67. The highest BCUT2D eigenvalue weighted by Gasteiger charge is 2.13. The minimum Gasteiger partial charge on any atom is -0.205 e. The summed E-state index contributed by atoms with van der Waals surface area (Å²) in [6.07, 6.45) is 0.687. The van der Waals surface area contributed by atoms with E-state index < -0.39 is 0 Å². The fourth-order valence-electron chi connectivity index (χ4n) is 2.62. The third-order valence-corrected chi connectivity index (χ3v) is 4.54. The third kappa shape index (κ3) is 7.13. The highest BCUT2D eigenvalue weighted by atomic mass is 35.5. The average molecular weight is 399 g/mol. The molecule has 28 heavy (non-hydrogen) atoms. The van der Waals surface area contributed by atoms with E-state index in [0.29, 0.717) is 12.0 Å². The lowest BCUT2D eigenvalue weighted by molar-refractivity contribution is 0.590. The van der Waals surface area contributed by atoms with Gasteiger partial charge in [0, 0.05) is 0 Å². The number of halogens is 2. The van der Waals surface area contributed by atoms with Crippen LogP contribution in [0.15, 0.2) is 72.8 Å². The van der Waals surface area contributed by atoms with Crippen molar-refractivity contribution in [2.24, 2.45) is 0 Å². The first kappa shape index (κ1) is 23.9. The van der Waals surface area contributed by atoms with Crippen LogP contribution in [-0.2, 0) is 11.8 Å². The maximum absolute atomic E-state index is 12.9. The Hall–Kier alpha value is -2.12. The molecule has 0 saturated carbocycles. The lowest BCUT2D eigenvalue weighted by Crippen LogP contribution is -2.10. The lowest BCUT2D eigenvalue weighted by atomic mass is 9.85. The molecular weight excluding hydrogens is 367 g/mol. The van der Waals surface area contributed by atoms with Crippen molar-refractivity contribution in [1.82, 2.24) is 0 Å². The highest BCUT2D eigenvalue weighted by molar-refractivity contribution is 6.30. The summed E-state index contributed by atoms with van der Waals surface area (Å²) in [7, 11) is 0. The van der Waals surface area contributed by atoms with Crippen LogP contribution < -0.4 is 0 Å². The zero-order valence-electron chi connectivity index (χ0n) is 17.9. The molecule has 0 saturated heterocycles. The molecule has 0 atom stereocenters. The summed E-state index contributed by atoms with van der Waals surface area (Å²) in [6.45, 7) is 12.6. The van der Waals surface area contributed by atoms with Crippen molar-refractivity contribution >= 4 is 11.6 Å². The fraction of sp³-hybridized carbons (Fsp3) is 0.308. The van der Waals surface area contributed by atoms with E-state index in [2.05, 4.69) is 75.4 Å². The van der Waals surface area contributed by atoms with E-state index in [-0.39, 0.29) is 16.3 Å². The normalized spacial score (nSPS) is 10.3. The van der Waals surface area contributed by atoms with Gasteiger partial charge in [0.2, 0.25) is 0 Å². The first-order chi connectivity index (χ1) is 13.3. The summed E-state index contributed by atoms with van der Waals surface area (Å²) >= 11 is 5.52. The molecule has 0 aliphatic carbocycles. The van der Waals surface area contributed by atoms with Crippen LogP contribution in [0.4, 0.5) is 4.39 Å². The van der Waals surface area contributed by atoms with Crippen molar-refractivity contribution in [2.75, 3.05) is 0 Å². The van der Waals surface area contributed by atoms with Gasteiger partial charge in [0.25, 0.3) is 0 Å².